The van der Waals surface area contributed by atoms with Gasteiger partial charge in [0.15, 0.2) is 5.82 Å². The second-order valence-corrected chi connectivity index (χ2v) is 5.47. The quantitative estimate of drug-likeness (QED) is 0.903. The Balaban J connectivity index is 0.000000902. The van der Waals surface area contributed by atoms with Gasteiger partial charge >= 0.3 is 0 Å². The lowest BCUT2D eigenvalue weighted by atomic mass is 9.79. The summed E-state index contributed by atoms with van der Waals surface area (Å²) in [6.45, 7) is 7.36. The van der Waals surface area contributed by atoms with E-state index < -0.39 is 0 Å². The minimum Gasteiger partial charge on any atom is -0.340 e. The summed E-state index contributed by atoms with van der Waals surface area (Å²) in [6, 6.07) is 0. The van der Waals surface area contributed by atoms with Gasteiger partial charge in [-0.1, -0.05) is 5.16 Å². The molecule has 110 valence electrons. The van der Waals surface area contributed by atoms with Crippen molar-refractivity contribution in [3.05, 3.63) is 11.7 Å². The second kappa shape index (κ2) is 6.88. The molecule has 0 amide bonds. The second-order valence-electron chi connectivity index (χ2n) is 5.47. The van der Waals surface area contributed by atoms with Crippen molar-refractivity contribution < 1.29 is 4.52 Å². The van der Waals surface area contributed by atoms with Gasteiger partial charge < -0.3 is 9.84 Å². The summed E-state index contributed by atoms with van der Waals surface area (Å²) < 4.78 is 5.02. The number of nitrogens with zero attached hydrogens (tertiary/aromatic N) is 3. The molecule has 2 fully saturated rings. The van der Waals surface area contributed by atoms with Crippen molar-refractivity contribution in [2.75, 3.05) is 26.2 Å². The van der Waals surface area contributed by atoms with Crippen LogP contribution in [0.3, 0.4) is 0 Å². The molecule has 3 heterocycles. The van der Waals surface area contributed by atoms with Crippen molar-refractivity contribution in [3.8, 4) is 0 Å². The first kappa shape index (κ1) is 16.7. The monoisotopic (exact) mass is 308 g/mol. The van der Waals surface area contributed by atoms with Crippen molar-refractivity contribution in [1.82, 2.24) is 20.4 Å². The van der Waals surface area contributed by atoms with Crippen molar-refractivity contribution >= 4 is 24.8 Å². The molecule has 0 aliphatic carbocycles. The van der Waals surface area contributed by atoms with Crippen molar-refractivity contribution in [2.24, 2.45) is 5.41 Å². The number of rotatable bonds is 2. The van der Waals surface area contributed by atoms with Crippen LogP contribution in [0.15, 0.2) is 4.52 Å². The van der Waals surface area contributed by atoms with Gasteiger partial charge in [0.2, 0.25) is 5.89 Å². The molecule has 1 atom stereocenters. The fraction of sp³-hybridized carbons (Fsp3) is 0.833. The van der Waals surface area contributed by atoms with E-state index in [9.17, 15) is 0 Å². The van der Waals surface area contributed by atoms with Crippen LogP contribution in [0.4, 0.5) is 0 Å². The van der Waals surface area contributed by atoms with Gasteiger partial charge in [0.05, 0.1) is 6.54 Å². The normalized spacial score (nSPS) is 27.0. The minimum atomic E-state index is 0. The van der Waals surface area contributed by atoms with E-state index >= 15 is 0 Å². The van der Waals surface area contributed by atoms with Crippen LogP contribution in [0.5, 0.6) is 0 Å². The predicted molar refractivity (Wildman–Crippen MR) is 78.0 cm³/mol. The highest BCUT2D eigenvalue weighted by Crippen LogP contribution is 2.35. The highest BCUT2D eigenvalue weighted by molar-refractivity contribution is 5.85. The maximum Gasteiger partial charge on any atom is 0.223 e. The van der Waals surface area contributed by atoms with Gasteiger partial charge in [0.25, 0.3) is 0 Å². The first-order valence-corrected chi connectivity index (χ1v) is 6.48. The first-order valence-electron chi connectivity index (χ1n) is 6.48. The van der Waals surface area contributed by atoms with E-state index in [1.807, 2.05) is 6.92 Å². The van der Waals surface area contributed by atoms with Crippen LogP contribution in [-0.4, -0.2) is 41.2 Å². The summed E-state index contributed by atoms with van der Waals surface area (Å²) in [6.07, 6.45) is 3.97. The van der Waals surface area contributed by atoms with Gasteiger partial charge in [0, 0.05) is 20.0 Å². The van der Waals surface area contributed by atoms with E-state index in [2.05, 4.69) is 20.4 Å². The van der Waals surface area contributed by atoms with E-state index in [0.29, 0.717) is 11.3 Å². The van der Waals surface area contributed by atoms with Gasteiger partial charge in [-0.3, -0.25) is 4.90 Å². The molecule has 5 nitrogen and oxygen atoms in total. The number of hydrogen-bond acceptors (Lipinski definition) is 5. The number of halogens is 2. The third-order valence-corrected chi connectivity index (χ3v) is 4.01. The zero-order valence-corrected chi connectivity index (χ0v) is 12.9. The lowest BCUT2D eigenvalue weighted by Gasteiger charge is -2.39. The Bertz CT molecular complexity index is 393. The molecule has 3 rings (SSSR count). The Hall–Kier alpha value is -0.360. The summed E-state index contributed by atoms with van der Waals surface area (Å²) >= 11 is 0. The number of aromatic nitrogens is 2. The molecule has 2 aliphatic heterocycles. The molecule has 7 heteroatoms. The lowest BCUT2D eigenvalue weighted by Crippen LogP contribution is -2.44. The minimum absolute atomic E-state index is 0. The molecule has 1 aromatic rings. The standard InChI is InChI=1S/C12H20N4O.2ClH/c1-10-14-11(15-17-10)7-16-6-2-3-12(9-16)4-5-13-8-12;;/h13H,2-9H2,1H3;2*1H. The largest absolute Gasteiger partial charge is 0.340 e. The first-order chi connectivity index (χ1) is 8.26. The molecule has 0 radical (unpaired) electrons. The van der Waals surface area contributed by atoms with E-state index in [4.69, 9.17) is 4.52 Å². The van der Waals surface area contributed by atoms with Crippen molar-refractivity contribution in [1.29, 1.82) is 0 Å². The summed E-state index contributed by atoms with van der Waals surface area (Å²) in [7, 11) is 0. The molecule has 1 N–H and O–H groups in total. The summed E-state index contributed by atoms with van der Waals surface area (Å²) in [5.41, 5.74) is 0.511. The Morgan fingerprint density at radius 2 is 2.21 bits per heavy atom. The zero-order valence-electron chi connectivity index (χ0n) is 11.2. The van der Waals surface area contributed by atoms with E-state index in [0.717, 1.165) is 18.9 Å². The molecule has 0 aromatic carbocycles. The molecule has 19 heavy (non-hydrogen) atoms. The van der Waals surface area contributed by atoms with Crippen LogP contribution in [0.2, 0.25) is 0 Å². The van der Waals surface area contributed by atoms with Crippen LogP contribution < -0.4 is 5.32 Å². The summed E-state index contributed by atoms with van der Waals surface area (Å²) in [5.74, 6) is 1.49. The third-order valence-electron chi connectivity index (χ3n) is 4.01. The van der Waals surface area contributed by atoms with E-state index in [1.165, 1.54) is 38.9 Å². The Morgan fingerprint density at radius 3 is 2.84 bits per heavy atom. The van der Waals surface area contributed by atoms with Gasteiger partial charge in [-0.15, -0.1) is 24.8 Å². The van der Waals surface area contributed by atoms with Crippen LogP contribution in [0, 0.1) is 12.3 Å². The van der Waals surface area contributed by atoms with E-state index in [-0.39, 0.29) is 24.8 Å². The van der Waals surface area contributed by atoms with Gasteiger partial charge in [-0.2, -0.15) is 4.98 Å². The van der Waals surface area contributed by atoms with Gasteiger partial charge in [-0.05, 0) is 37.8 Å². The smallest absolute Gasteiger partial charge is 0.223 e. The highest BCUT2D eigenvalue weighted by atomic mass is 35.5. The average Bonchev–Trinajstić information content (AvgIpc) is 2.89. The molecule has 2 saturated heterocycles. The predicted octanol–water partition coefficient (Wildman–Crippen LogP) is 1.80. The van der Waals surface area contributed by atoms with Crippen LogP contribution in [0.1, 0.15) is 31.0 Å². The van der Waals surface area contributed by atoms with Crippen molar-refractivity contribution in [3.63, 3.8) is 0 Å². The zero-order chi connectivity index (χ0) is 11.7. The lowest BCUT2D eigenvalue weighted by molar-refractivity contribution is 0.0949. The van der Waals surface area contributed by atoms with Gasteiger partial charge in [0.1, 0.15) is 0 Å². The van der Waals surface area contributed by atoms with Crippen LogP contribution >= 0.6 is 24.8 Å². The maximum absolute atomic E-state index is 5.02. The Kier molecular flexibility index (Phi) is 6.05. The fourth-order valence-electron chi connectivity index (χ4n) is 3.19. The summed E-state index contributed by atoms with van der Waals surface area (Å²) in [4.78, 5) is 6.76. The molecule has 1 aromatic heterocycles. The SMILES string of the molecule is Cc1nc(CN2CCCC3(CCNC3)C2)no1.Cl.Cl. The topological polar surface area (TPSA) is 54.2 Å². The average molecular weight is 309 g/mol. The molecule has 1 unspecified atom stereocenters. The third kappa shape index (κ3) is 3.81. The van der Waals surface area contributed by atoms with E-state index in [1.54, 1.807) is 0 Å². The fourth-order valence-corrected chi connectivity index (χ4v) is 3.19. The Morgan fingerprint density at radius 1 is 1.37 bits per heavy atom. The van der Waals surface area contributed by atoms with Crippen LogP contribution in [-0.2, 0) is 6.54 Å². The molecule has 0 bridgehead atoms. The highest BCUT2D eigenvalue weighted by Gasteiger charge is 2.37. The number of likely N-dealkylation sites (tertiary alicyclic amines) is 1. The molecule has 2 aliphatic rings. The summed E-state index contributed by atoms with van der Waals surface area (Å²) in [5, 5.41) is 7.48. The number of piperidine rings is 1. The maximum atomic E-state index is 5.02. The molecule has 1 spiro atoms. The molecular formula is C12H22Cl2N4O. The number of hydrogen-bond donors (Lipinski definition) is 1. The van der Waals surface area contributed by atoms with Crippen LogP contribution in [0.25, 0.3) is 0 Å². The van der Waals surface area contributed by atoms with Gasteiger partial charge in [-0.25, -0.2) is 0 Å². The number of nitrogens with one attached hydrogen (secondary N) is 1. The Labute approximate surface area is 126 Å². The molecular weight excluding hydrogens is 287 g/mol. The molecule has 0 saturated carbocycles. The van der Waals surface area contributed by atoms with Crippen molar-refractivity contribution in [2.45, 2.75) is 32.7 Å². The number of aryl methyl sites for hydroxylation is 1.